The van der Waals surface area contributed by atoms with Crippen LogP contribution in [0.3, 0.4) is 0 Å². The fraction of sp³-hybridized carbons (Fsp3) is 0.500. The molecule has 0 bridgehead atoms. The van der Waals surface area contributed by atoms with E-state index < -0.39 is 6.04 Å². The zero-order chi connectivity index (χ0) is 13.3. The predicted molar refractivity (Wildman–Crippen MR) is 73.4 cm³/mol. The van der Waals surface area contributed by atoms with Crippen molar-refractivity contribution in [1.29, 1.82) is 0 Å². The number of nitrogens with two attached hydrogens (primary N) is 1. The first-order chi connectivity index (χ1) is 8.12. The topological polar surface area (TPSA) is 46.3 Å². The van der Waals surface area contributed by atoms with Gasteiger partial charge >= 0.3 is 0 Å². The predicted octanol–water partition coefficient (Wildman–Crippen LogP) is 2.61. The van der Waals surface area contributed by atoms with Gasteiger partial charge in [0, 0.05) is 12.2 Å². The quantitative estimate of drug-likeness (QED) is 0.691. The van der Waals surface area contributed by atoms with Gasteiger partial charge in [0.1, 0.15) is 0 Å². The molecule has 0 rings (SSSR count). The maximum Gasteiger partial charge on any atom is 0.243 e. The Hall–Kier alpha value is -1.35. The van der Waals surface area contributed by atoms with E-state index in [2.05, 4.69) is 6.58 Å². The Morgan fingerprint density at radius 2 is 2.12 bits per heavy atom. The van der Waals surface area contributed by atoms with Crippen molar-refractivity contribution in [3.05, 3.63) is 36.6 Å². The molecule has 0 aliphatic heterocycles. The van der Waals surface area contributed by atoms with E-state index in [9.17, 15) is 4.79 Å². The molecule has 2 N–H and O–H groups in total. The van der Waals surface area contributed by atoms with Crippen LogP contribution in [0.1, 0.15) is 33.6 Å². The minimum Gasteiger partial charge on any atom is -0.320 e. The van der Waals surface area contributed by atoms with Crippen LogP contribution in [0.2, 0.25) is 0 Å². The molecule has 0 saturated carbocycles. The van der Waals surface area contributed by atoms with Gasteiger partial charge in [-0.15, -0.1) is 0 Å². The zero-order valence-corrected chi connectivity index (χ0v) is 11.1. The van der Waals surface area contributed by atoms with E-state index in [1.54, 1.807) is 11.0 Å². The van der Waals surface area contributed by atoms with Crippen molar-refractivity contribution in [2.45, 2.75) is 39.7 Å². The van der Waals surface area contributed by atoms with Crippen molar-refractivity contribution >= 4 is 5.91 Å². The zero-order valence-electron chi connectivity index (χ0n) is 11.1. The second-order valence-corrected chi connectivity index (χ2v) is 3.83. The van der Waals surface area contributed by atoms with Crippen LogP contribution in [0.15, 0.2) is 36.6 Å². The average Bonchev–Trinajstić information content (AvgIpc) is 2.34. The van der Waals surface area contributed by atoms with Crippen molar-refractivity contribution < 1.29 is 4.79 Å². The number of nitrogens with zero attached hydrogens (tertiary/aromatic N) is 1. The molecule has 0 aromatic heterocycles. The molecule has 0 aromatic carbocycles. The molecule has 0 aliphatic rings. The van der Waals surface area contributed by atoms with Crippen LogP contribution in [0.4, 0.5) is 0 Å². The Kier molecular flexibility index (Phi) is 8.07. The number of carbonyl (C=O) groups excluding carboxylic acids is 1. The molecule has 0 saturated heterocycles. The molecule has 0 aromatic rings. The van der Waals surface area contributed by atoms with Crippen LogP contribution >= 0.6 is 0 Å². The minimum absolute atomic E-state index is 0.0273. The molecule has 0 spiro atoms. The number of allylic oxidation sites excluding steroid dienone is 4. The van der Waals surface area contributed by atoms with Crippen LogP contribution in [0, 0.1) is 0 Å². The van der Waals surface area contributed by atoms with E-state index in [-0.39, 0.29) is 5.91 Å². The Balaban J connectivity index is 5.10. The van der Waals surface area contributed by atoms with Gasteiger partial charge in [0.2, 0.25) is 5.91 Å². The highest BCUT2D eigenvalue weighted by molar-refractivity contribution is 5.83. The SMILES string of the molecule is C=C/C=C(\C=C/C)N(CCC)C(=O)C(N)CC. The van der Waals surface area contributed by atoms with Gasteiger partial charge in [-0.3, -0.25) is 4.79 Å². The first-order valence-corrected chi connectivity index (χ1v) is 6.14. The molecule has 1 amide bonds. The number of hydrogen-bond donors (Lipinski definition) is 1. The number of carbonyl (C=O) groups is 1. The lowest BCUT2D eigenvalue weighted by atomic mass is 10.2. The van der Waals surface area contributed by atoms with E-state index in [0.717, 1.165) is 12.1 Å². The monoisotopic (exact) mass is 236 g/mol. The lowest BCUT2D eigenvalue weighted by Gasteiger charge is -2.25. The smallest absolute Gasteiger partial charge is 0.243 e. The van der Waals surface area contributed by atoms with Crippen molar-refractivity contribution in [2.24, 2.45) is 5.73 Å². The van der Waals surface area contributed by atoms with Crippen LogP contribution in [0.5, 0.6) is 0 Å². The minimum atomic E-state index is -0.431. The number of rotatable bonds is 7. The van der Waals surface area contributed by atoms with Gasteiger partial charge in [0.05, 0.1) is 6.04 Å². The van der Waals surface area contributed by atoms with Gasteiger partial charge in [-0.2, -0.15) is 0 Å². The summed E-state index contributed by atoms with van der Waals surface area (Å²) in [5.41, 5.74) is 6.66. The summed E-state index contributed by atoms with van der Waals surface area (Å²) >= 11 is 0. The van der Waals surface area contributed by atoms with E-state index in [1.165, 1.54) is 0 Å². The van der Waals surface area contributed by atoms with Crippen LogP contribution in [-0.2, 0) is 4.79 Å². The summed E-state index contributed by atoms with van der Waals surface area (Å²) in [5.74, 6) is -0.0273. The summed E-state index contributed by atoms with van der Waals surface area (Å²) in [6.45, 7) is 10.2. The second-order valence-electron chi connectivity index (χ2n) is 3.83. The van der Waals surface area contributed by atoms with Gasteiger partial charge in [-0.25, -0.2) is 0 Å². The fourth-order valence-electron chi connectivity index (χ4n) is 1.49. The van der Waals surface area contributed by atoms with Crippen LogP contribution < -0.4 is 5.73 Å². The third-order valence-electron chi connectivity index (χ3n) is 2.41. The molecule has 0 heterocycles. The molecule has 0 fully saturated rings. The molecule has 3 nitrogen and oxygen atoms in total. The highest BCUT2D eigenvalue weighted by atomic mass is 16.2. The van der Waals surface area contributed by atoms with Crippen LogP contribution in [0.25, 0.3) is 0 Å². The number of hydrogen-bond acceptors (Lipinski definition) is 2. The van der Waals surface area contributed by atoms with Gasteiger partial charge in [0.15, 0.2) is 0 Å². The highest BCUT2D eigenvalue weighted by Gasteiger charge is 2.20. The molecular weight excluding hydrogens is 212 g/mol. The second kappa shape index (κ2) is 8.76. The summed E-state index contributed by atoms with van der Waals surface area (Å²) in [7, 11) is 0. The molecule has 0 aliphatic carbocycles. The van der Waals surface area contributed by atoms with E-state index in [1.807, 2.05) is 39.0 Å². The molecule has 1 unspecified atom stereocenters. The molecule has 1 atom stereocenters. The highest BCUT2D eigenvalue weighted by Crippen LogP contribution is 2.11. The van der Waals surface area contributed by atoms with Crippen molar-refractivity contribution in [3.8, 4) is 0 Å². The van der Waals surface area contributed by atoms with Gasteiger partial charge in [-0.05, 0) is 31.9 Å². The van der Waals surface area contributed by atoms with E-state index in [4.69, 9.17) is 5.73 Å². The Morgan fingerprint density at radius 1 is 1.47 bits per heavy atom. The van der Waals surface area contributed by atoms with Gasteiger partial charge in [-0.1, -0.05) is 32.6 Å². The molecular formula is C14H24N2O. The molecule has 3 heteroatoms. The molecule has 17 heavy (non-hydrogen) atoms. The Bertz CT molecular complexity index is 305. The van der Waals surface area contributed by atoms with Crippen molar-refractivity contribution in [3.63, 3.8) is 0 Å². The normalized spacial score (nSPS) is 13.8. The van der Waals surface area contributed by atoms with Gasteiger partial charge in [0.25, 0.3) is 0 Å². The third kappa shape index (κ3) is 5.00. The maximum atomic E-state index is 12.1. The standard InChI is InChI=1S/C14H24N2O/c1-5-9-12(10-6-2)16(11-7-3)14(17)13(15)8-4/h5-6,9-10,13H,1,7-8,11,15H2,2-4H3/b10-6-,12-9+. The van der Waals surface area contributed by atoms with Crippen molar-refractivity contribution in [1.82, 2.24) is 4.90 Å². The van der Waals surface area contributed by atoms with Crippen molar-refractivity contribution in [2.75, 3.05) is 6.54 Å². The summed E-state index contributed by atoms with van der Waals surface area (Å²) < 4.78 is 0. The average molecular weight is 236 g/mol. The first kappa shape index (κ1) is 15.7. The molecule has 96 valence electrons. The van der Waals surface area contributed by atoms with Crippen LogP contribution in [-0.4, -0.2) is 23.4 Å². The lowest BCUT2D eigenvalue weighted by Crippen LogP contribution is -2.43. The summed E-state index contributed by atoms with van der Waals surface area (Å²) in [6.07, 6.45) is 8.86. The van der Waals surface area contributed by atoms with Gasteiger partial charge < -0.3 is 10.6 Å². The number of amides is 1. The third-order valence-corrected chi connectivity index (χ3v) is 2.41. The Morgan fingerprint density at radius 3 is 2.53 bits per heavy atom. The summed E-state index contributed by atoms with van der Waals surface area (Å²) in [6, 6.07) is -0.431. The lowest BCUT2D eigenvalue weighted by molar-refractivity contribution is -0.130. The fourth-order valence-corrected chi connectivity index (χ4v) is 1.49. The first-order valence-electron chi connectivity index (χ1n) is 6.14. The Labute approximate surface area is 105 Å². The maximum absolute atomic E-state index is 12.1. The van der Waals surface area contributed by atoms with E-state index >= 15 is 0 Å². The molecule has 0 radical (unpaired) electrons. The largest absolute Gasteiger partial charge is 0.320 e. The van der Waals surface area contributed by atoms with E-state index in [0.29, 0.717) is 13.0 Å². The summed E-state index contributed by atoms with van der Waals surface area (Å²) in [5, 5.41) is 0. The summed E-state index contributed by atoms with van der Waals surface area (Å²) in [4.78, 5) is 13.9.